The topological polar surface area (TPSA) is 50.9 Å². The Kier molecular flexibility index (Phi) is 5.79. The zero-order valence-electron chi connectivity index (χ0n) is 21.3. The van der Waals surface area contributed by atoms with Crippen molar-refractivity contribution >= 4 is 0 Å². The van der Waals surface area contributed by atoms with Gasteiger partial charge in [0.15, 0.2) is 0 Å². The maximum Gasteiger partial charge on any atom is 0.138 e. The molecule has 0 aromatic carbocycles. The van der Waals surface area contributed by atoms with Crippen LogP contribution in [0.3, 0.4) is 0 Å². The summed E-state index contributed by atoms with van der Waals surface area (Å²) >= 11 is 0. The lowest BCUT2D eigenvalue weighted by Crippen LogP contribution is -2.56. The van der Waals surface area contributed by atoms with Gasteiger partial charge in [0.05, 0.1) is 5.60 Å². The van der Waals surface area contributed by atoms with Crippen molar-refractivity contribution in [1.82, 2.24) is 14.8 Å². The van der Waals surface area contributed by atoms with Crippen LogP contribution in [0, 0.1) is 53.3 Å². The van der Waals surface area contributed by atoms with E-state index in [4.69, 9.17) is 0 Å². The van der Waals surface area contributed by atoms with Gasteiger partial charge >= 0.3 is 0 Å². The Morgan fingerprint density at radius 2 is 1.84 bits per heavy atom. The van der Waals surface area contributed by atoms with Crippen LogP contribution in [0.25, 0.3) is 0 Å². The molecule has 4 heteroatoms. The first-order valence-corrected chi connectivity index (χ1v) is 13.8. The average molecular weight is 442 g/mol. The van der Waals surface area contributed by atoms with Crippen molar-refractivity contribution in [2.24, 2.45) is 46.3 Å². The summed E-state index contributed by atoms with van der Waals surface area (Å²) in [5.74, 6) is 5.96. The van der Waals surface area contributed by atoms with E-state index in [1.165, 1.54) is 44.9 Å². The third-order valence-electron chi connectivity index (χ3n) is 11.6. The first-order chi connectivity index (χ1) is 15.2. The molecule has 0 aliphatic heterocycles. The third-order valence-corrected chi connectivity index (χ3v) is 11.6. The highest BCUT2D eigenvalue weighted by Crippen LogP contribution is 2.69. The van der Waals surface area contributed by atoms with Gasteiger partial charge < -0.3 is 5.11 Å². The van der Waals surface area contributed by atoms with Gasteiger partial charge in [-0.1, -0.05) is 34.1 Å². The summed E-state index contributed by atoms with van der Waals surface area (Å²) in [6.45, 7) is 13.1. The van der Waals surface area contributed by atoms with Gasteiger partial charge in [0, 0.05) is 6.54 Å². The minimum Gasteiger partial charge on any atom is -0.390 e. The minimum absolute atomic E-state index is 0.373. The number of hydrogen-bond acceptors (Lipinski definition) is 3. The van der Waals surface area contributed by atoms with Gasteiger partial charge in [-0.2, -0.15) is 5.10 Å². The highest BCUT2D eigenvalue weighted by molar-refractivity contribution is 5.11. The Morgan fingerprint density at radius 1 is 1.06 bits per heavy atom. The largest absolute Gasteiger partial charge is 0.390 e. The van der Waals surface area contributed by atoms with Crippen molar-refractivity contribution in [3.8, 4) is 0 Å². The SMILES string of the molecule is CCC[C@@]1(O)CC[C@@]2(C)[C@H](CC[C@@H]3[C@@H]2CC[C@]2(C)[C@@H]([C@H](C)Cn4ncnc4C)CC[C@@H]32)C1. The van der Waals surface area contributed by atoms with Gasteiger partial charge in [0.1, 0.15) is 12.2 Å². The molecule has 1 N–H and O–H groups in total. The second kappa shape index (κ2) is 8.10. The zero-order chi connectivity index (χ0) is 22.7. The average Bonchev–Trinajstić information content (AvgIpc) is 3.31. The quantitative estimate of drug-likeness (QED) is 0.574. The molecule has 0 spiro atoms. The van der Waals surface area contributed by atoms with E-state index >= 15 is 0 Å². The molecule has 4 aliphatic carbocycles. The standard InChI is InChI=1S/C28H47N3O/c1-6-12-28(32)15-14-26(4)21(16-28)7-8-22-24-10-9-23(27(24,5)13-11-25(22)26)19(2)17-31-20(3)29-18-30-31/h18-19,21-25,32H,6-17H2,1-5H3/t19-,21-,22+,23-,24+,25+,26+,27-,28-/m1/s1. The number of fused-ring (bicyclic) bond motifs is 5. The summed E-state index contributed by atoms with van der Waals surface area (Å²) in [6, 6.07) is 0. The fourth-order valence-corrected chi connectivity index (χ4v) is 9.89. The number of aromatic nitrogens is 3. The van der Waals surface area contributed by atoms with Crippen molar-refractivity contribution in [3.63, 3.8) is 0 Å². The van der Waals surface area contributed by atoms with E-state index in [1.807, 2.05) is 0 Å². The molecule has 4 nitrogen and oxygen atoms in total. The van der Waals surface area contributed by atoms with E-state index in [1.54, 1.807) is 6.33 Å². The molecule has 9 atom stereocenters. The molecule has 0 saturated heterocycles. The van der Waals surface area contributed by atoms with E-state index in [0.29, 0.717) is 16.7 Å². The van der Waals surface area contributed by atoms with Crippen LogP contribution in [-0.4, -0.2) is 25.5 Å². The summed E-state index contributed by atoms with van der Waals surface area (Å²) in [6.07, 6.45) is 15.6. The molecular formula is C28H47N3O. The Morgan fingerprint density at radius 3 is 2.56 bits per heavy atom. The second-order valence-electron chi connectivity index (χ2n) is 13.0. The zero-order valence-corrected chi connectivity index (χ0v) is 21.3. The number of aryl methyl sites for hydroxylation is 1. The summed E-state index contributed by atoms with van der Waals surface area (Å²) in [4.78, 5) is 4.35. The summed E-state index contributed by atoms with van der Waals surface area (Å²) in [5.41, 5.74) is 0.587. The van der Waals surface area contributed by atoms with Crippen LogP contribution in [-0.2, 0) is 6.54 Å². The highest BCUT2D eigenvalue weighted by Gasteiger charge is 2.61. The fourth-order valence-electron chi connectivity index (χ4n) is 9.89. The van der Waals surface area contributed by atoms with Gasteiger partial charge in [-0.15, -0.1) is 0 Å². The van der Waals surface area contributed by atoms with Gasteiger partial charge in [0.25, 0.3) is 0 Å². The molecule has 5 rings (SSSR count). The molecule has 1 aromatic rings. The molecule has 0 radical (unpaired) electrons. The van der Waals surface area contributed by atoms with Crippen LogP contribution >= 0.6 is 0 Å². The molecule has 4 aliphatic rings. The van der Waals surface area contributed by atoms with E-state index < -0.39 is 0 Å². The first kappa shape index (κ1) is 22.9. The molecular weight excluding hydrogens is 394 g/mol. The molecule has 180 valence electrons. The molecule has 0 amide bonds. The van der Waals surface area contributed by atoms with E-state index in [2.05, 4.69) is 49.4 Å². The predicted octanol–water partition coefficient (Wildman–Crippen LogP) is 6.41. The second-order valence-corrected chi connectivity index (χ2v) is 13.0. The van der Waals surface area contributed by atoms with E-state index in [9.17, 15) is 5.11 Å². The number of rotatable bonds is 5. The summed E-state index contributed by atoms with van der Waals surface area (Å²) < 4.78 is 2.12. The Labute approximate surface area is 196 Å². The Hall–Kier alpha value is -0.900. The van der Waals surface area contributed by atoms with Crippen LogP contribution in [0.1, 0.15) is 104 Å². The third kappa shape index (κ3) is 3.49. The smallest absolute Gasteiger partial charge is 0.138 e. The van der Waals surface area contributed by atoms with Crippen LogP contribution in [0.5, 0.6) is 0 Å². The lowest BCUT2D eigenvalue weighted by Gasteiger charge is -2.62. The van der Waals surface area contributed by atoms with Crippen molar-refractivity contribution in [1.29, 1.82) is 0 Å². The van der Waals surface area contributed by atoms with Gasteiger partial charge in [0.2, 0.25) is 0 Å². The molecule has 1 aromatic heterocycles. The van der Waals surface area contributed by atoms with Crippen LogP contribution in [0.4, 0.5) is 0 Å². The summed E-state index contributed by atoms with van der Waals surface area (Å²) in [5, 5.41) is 15.7. The predicted molar refractivity (Wildman–Crippen MR) is 129 cm³/mol. The molecule has 4 fully saturated rings. The lowest BCUT2D eigenvalue weighted by atomic mass is 9.43. The van der Waals surface area contributed by atoms with Crippen LogP contribution in [0.2, 0.25) is 0 Å². The maximum atomic E-state index is 11.2. The Balaban J connectivity index is 1.32. The van der Waals surface area contributed by atoms with Crippen molar-refractivity contribution in [2.75, 3.05) is 0 Å². The fraction of sp³-hybridized carbons (Fsp3) is 0.929. The maximum absolute atomic E-state index is 11.2. The Bertz CT molecular complexity index is 821. The van der Waals surface area contributed by atoms with Crippen LogP contribution in [0.15, 0.2) is 6.33 Å². The number of nitrogens with zero attached hydrogens (tertiary/aromatic N) is 3. The van der Waals surface area contributed by atoms with Gasteiger partial charge in [-0.3, -0.25) is 4.68 Å². The monoisotopic (exact) mass is 441 g/mol. The minimum atomic E-state index is -0.373. The molecule has 0 unspecified atom stereocenters. The number of hydrogen-bond donors (Lipinski definition) is 1. The van der Waals surface area contributed by atoms with Crippen LogP contribution < -0.4 is 0 Å². The van der Waals surface area contributed by atoms with Crippen molar-refractivity contribution in [2.45, 2.75) is 117 Å². The molecule has 32 heavy (non-hydrogen) atoms. The van der Waals surface area contributed by atoms with Gasteiger partial charge in [-0.05, 0) is 117 Å². The highest BCUT2D eigenvalue weighted by atomic mass is 16.3. The normalized spacial score (nSPS) is 46.9. The molecule has 1 heterocycles. The first-order valence-electron chi connectivity index (χ1n) is 13.8. The number of aliphatic hydroxyl groups is 1. The lowest BCUT2D eigenvalue weighted by molar-refractivity contribution is -0.153. The molecule has 4 saturated carbocycles. The summed E-state index contributed by atoms with van der Waals surface area (Å²) in [7, 11) is 0. The van der Waals surface area contributed by atoms with Gasteiger partial charge in [-0.25, -0.2) is 4.98 Å². The van der Waals surface area contributed by atoms with E-state index in [0.717, 1.165) is 67.6 Å². The van der Waals surface area contributed by atoms with Crippen molar-refractivity contribution < 1.29 is 5.11 Å². The van der Waals surface area contributed by atoms with E-state index in [-0.39, 0.29) is 5.60 Å². The van der Waals surface area contributed by atoms with Crippen molar-refractivity contribution in [3.05, 3.63) is 12.2 Å². The molecule has 0 bridgehead atoms.